The summed E-state index contributed by atoms with van der Waals surface area (Å²) in [6.45, 7) is 6.57. The fourth-order valence-electron chi connectivity index (χ4n) is 3.25. The first-order valence-electron chi connectivity index (χ1n) is 7.37. The van der Waals surface area contributed by atoms with E-state index in [9.17, 15) is 4.79 Å². The first kappa shape index (κ1) is 14.8. The number of esters is 1. The number of rotatable bonds is 5. The molecule has 2 atom stereocenters. The molecular formula is C14H26N2O3. The summed E-state index contributed by atoms with van der Waals surface area (Å²) in [5, 5.41) is 3.43. The Morgan fingerprint density at radius 1 is 1.47 bits per heavy atom. The first-order valence-corrected chi connectivity index (χ1v) is 7.37. The van der Waals surface area contributed by atoms with Crippen molar-refractivity contribution in [3.05, 3.63) is 0 Å². The lowest BCUT2D eigenvalue weighted by molar-refractivity contribution is -0.148. The van der Waals surface area contributed by atoms with Crippen LogP contribution in [-0.4, -0.2) is 62.4 Å². The molecule has 2 fully saturated rings. The van der Waals surface area contributed by atoms with Gasteiger partial charge in [-0.25, -0.2) is 0 Å². The predicted octanol–water partition coefficient (Wildman–Crippen LogP) is 0.783. The van der Waals surface area contributed by atoms with Gasteiger partial charge in [0.05, 0.1) is 20.3 Å². The molecule has 0 aromatic carbocycles. The Kier molecular flexibility index (Phi) is 5.19. The second kappa shape index (κ2) is 6.68. The minimum Gasteiger partial charge on any atom is -0.468 e. The van der Waals surface area contributed by atoms with Gasteiger partial charge in [0, 0.05) is 19.1 Å². The summed E-state index contributed by atoms with van der Waals surface area (Å²) in [5.74, 6) is -0.100. The lowest BCUT2D eigenvalue weighted by Gasteiger charge is -2.34. The van der Waals surface area contributed by atoms with Gasteiger partial charge in [-0.3, -0.25) is 9.69 Å². The summed E-state index contributed by atoms with van der Waals surface area (Å²) < 4.78 is 10.4. The van der Waals surface area contributed by atoms with E-state index in [1.807, 2.05) is 0 Å². The molecule has 2 aliphatic rings. The molecule has 1 aliphatic heterocycles. The number of nitrogens with zero attached hydrogens (tertiary/aromatic N) is 1. The number of nitrogens with one attached hydrogen (secondary N) is 1. The number of morpholine rings is 1. The smallest absolute Gasteiger partial charge is 0.326 e. The summed E-state index contributed by atoms with van der Waals surface area (Å²) in [4.78, 5) is 14.6. The maximum atomic E-state index is 12.1. The molecule has 1 aliphatic carbocycles. The molecule has 1 N–H and O–H groups in total. The fourth-order valence-corrected chi connectivity index (χ4v) is 3.25. The maximum Gasteiger partial charge on any atom is 0.326 e. The lowest BCUT2D eigenvalue weighted by atomic mass is 9.97. The molecule has 0 bridgehead atoms. The largest absolute Gasteiger partial charge is 0.468 e. The van der Waals surface area contributed by atoms with Crippen LogP contribution in [-0.2, 0) is 14.3 Å². The van der Waals surface area contributed by atoms with Crippen molar-refractivity contribution in [1.82, 2.24) is 10.2 Å². The fraction of sp³-hybridized carbons (Fsp3) is 0.929. The summed E-state index contributed by atoms with van der Waals surface area (Å²) in [6.07, 6.45) is 3.83. The summed E-state index contributed by atoms with van der Waals surface area (Å²) in [6, 6.07) is 0.479. The van der Waals surface area contributed by atoms with Crippen molar-refractivity contribution in [3.8, 4) is 0 Å². The van der Waals surface area contributed by atoms with Crippen LogP contribution in [0.2, 0.25) is 0 Å². The topological polar surface area (TPSA) is 50.8 Å². The quantitative estimate of drug-likeness (QED) is 0.748. The Hall–Kier alpha value is -0.650. The standard InChI is InChI=1S/C14H26N2O3/c1-3-6-15-14(13(17)18-2)5-4-12(11-14)16-7-9-19-10-8-16/h12,15H,3-11H2,1-2H3. The van der Waals surface area contributed by atoms with E-state index in [-0.39, 0.29) is 5.97 Å². The second-order valence-electron chi connectivity index (χ2n) is 5.55. The molecule has 1 saturated heterocycles. The Bertz CT molecular complexity index is 305. The molecule has 0 aromatic rings. The highest BCUT2D eigenvalue weighted by Crippen LogP contribution is 2.34. The molecule has 0 spiro atoms. The van der Waals surface area contributed by atoms with E-state index in [2.05, 4.69) is 17.1 Å². The molecule has 110 valence electrons. The third kappa shape index (κ3) is 3.27. The monoisotopic (exact) mass is 270 g/mol. The Morgan fingerprint density at radius 3 is 2.84 bits per heavy atom. The number of hydrogen-bond donors (Lipinski definition) is 1. The van der Waals surface area contributed by atoms with Crippen LogP contribution >= 0.6 is 0 Å². The van der Waals surface area contributed by atoms with Crippen molar-refractivity contribution in [2.24, 2.45) is 0 Å². The van der Waals surface area contributed by atoms with E-state index in [0.29, 0.717) is 6.04 Å². The van der Waals surface area contributed by atoms with Crippen molar-refractivity contribution in [2.75, 3.05) is 40.0 Å². The van der Waals surface area contributed by atoms with Gasteiger partial charge in [0.25, 0.3) is 0 Å². The van der Waals surface area contributed by atoms with Crippen molar-refractivity contribution in [2.45, 2.75) is 44.2 Å². The van der Waals surface area contributed by atoms with Crippen LogP contribution in [0.15, 0.2) is 0 Å². The summed E-state index contributed by atoms with van der Waals surface area (Å²) in [7, 11) is 1.49. The molecule has 5 heteroatoms. The van der Waals surface area contributed by atoms with Crippen molar-refractivity contribution < 1.29 is 14.3 Å². The molecular weight excluding hydrogens is 244 g/mol. The van der Waals surface area contributed by atoms with Gasteiger partial charge in [-0.2, -0.15) is 0 Å². The van der Waals surface area contributed by atoms with Gasteiger partial charge in [-0.1, -0.05) is 6.92 Å². The van der Waals surface area contributed by atoms with Crippen LogP contribution < -0.4 is 5.32 Å². The molecule has 2 rings (SSSR count). The zero-order valence-corrected chi connectivity index (χ0v) is 12.1. The van der Waals surface area contributed by atoms with Crippen LogP contribution in [0.1, 0.15) is 32.6 Å². The molecule has 19 heavy (non-hydrogen) atoms. The Morgan fingerprint density at radius 2 is 2.21 bits per heavy atom. The second-order valence-corrected chi connectivity index (χ2v) is 5.55. The normalized spacial score (nSPS) is 32.4. The highest BCUT2D eigenvalue weighted by atomic mass is 16.5. The minimum absolute atomic E-state index is 0.100. The number of carbonyl (C=O) groups is 1. The third-order valence-electron chi connectivity index (χ3n) is 4.34. The van der Waals surface area contributed by atoms with Gasteiger partial charge in [0.2, 0.25) is 0 Å². The third-order valence-corrected chi connectivity index (χ3v) is 4.34. The molecule has 0 aromatic heterocycles. The summed E-state index contributed by atoms with van der Waals surface area (Å²) >= 11 is 0. The lowest BCUT2D eigenvalue weighted by Crippen LogP contribution is -2.53. The number of methoxy groups -OCH3 is 1. The van der Waals surface area contributed by atoms with Crippen LogP contribution in [0.5, 0.6) is 0 Å². The van der Waals surface area contributed by atoms with Crippen molar-refractivity contribution >= 4 is 5.97 Å². The Balaban J connectivity index is 1.99. The molecule has 0 amide bonds. The van der Waals surface area contributed by atoms with E-state index >= 15 is 0 Å². The van der Waals surface area contributed by atoms with Gasteiger partial charge in [-0.15, -0.1) is 0 Å². The zero-order valence-electron chi connectivity index (χ0n) is 12.1. The highest BCUT2D eigenvalue weighted by molar-refractivity contribution is 5.81. The van der Waals surface area contributed by atoms with E-state index in [4.69, 9.17) is 9.47 Å². The average Bonchev–Trinajstić information content (AvgIpc) is 2.91. The zero-order chi connectivity index (χ0) is 13.7. The van der Waals surface area contributed by atoms with Crippen LogP contribution in [0.25, 0.3) is 0 Å². The minimum atomic E-state index is -0.465. The van der Waals surface area contributed by atoms with E-state index < -0.39 is 5.54 Å². The van der Waals surface area contributed by atoms with Crippen molar-refractivity contribution in [3.63, 3.8) is 0 Å². The molecule has 5 nitrogen and oxygen atoms in total. The molecule has 2 unspecified atom stereocenters. The summed E-state index contributed by atoms with van der Waals surface area (Å²) in [5.41, 5.74) is -0.465. The van der Waals surface area contributed by atoms with Crippen LogP contribution in [0.4, 0.5) is 0 Å². The Labute approximate surface area is 115 Å². The number of ether oxygens (including phenoxy) is 2. The van der Waals surface area contributed by atoms with Crippen LogP contribution in [0, 0.1) is 0 Å². The van der Waals surface area contributed by atoms with E-state index in [1.54, 1.807) is 0 Å². The first-order chi connectivity index (χ1) is 9.22. The van der Waals surface area contributed by atoms with Gasteiger partial charge in [0.15, 0.2) is 0 Å². The average molecular weight is 270 g/mol. The van der Waals surface area contributed by atoms with Crippen LogP contribution in [0.3, 0.4) is 0 Å². The van der Waals surface area contributed by atoms with Gasteiger partial charge >= 0.3 is 5.97 Å². The van der Waals surface area contributed by atoms with E-state index in [0.717, 1.165) is 58.5 Å². The van der Waals surface area contributed by atoms with Gasteiger partial charge < -0.3 is 14.8 Å². The van der Waals surface area contributed by atoms with E-state index in [1.165, 1.54) is 7.11 Å². The number of carbonyl (C=O) groups excluding carboxylic acids is 1. The van der Waals surface area contributed by atoms with Crippen molar-refractivity contribution in [1.29, 1.82) is 0 Å². The van der Waals surface area contributed by atoms with Gasteiger partial charge in [0.1, 0.15) is 5.54 Å². The maximum absolute atomic E-state index is 12.1. The van der Waals surface area contributed by atoms with Gasteiger partial charge in [-0.05, 0) is 32.2 Å². The number of hydrogen-bond acceptors (Lipinski definition) is 5. The predicted molar refractivity (Wildman–Crippen MR) is 73.1 cm³/mol. The molecule has 1 saturated carbocycles. The molecule has 0 radical (unpaired) electrons. The highest BCUT2D eigenvalue weighted by Gasteiger charge is 2.47. The SMILES string of the molecule is CCCNC1(C(=O)OC)CCC(N2CCOCC2)C1. The molecule has 1 heterocycles.